The largest absolute Gasteiger partial charge is 0.349 e. The molecule has 2 amide bonds. The number of piperidine rings is 1. The molecule has 0 radical (unpaired) electrons. The summed E-state index contributed by atoms with van der Waals surface area (Å²) in [6.07, 6.45) is 6.92. The minimum atomic E-state index is -0.424. The molecular weight excluding hydrogens is 435 g/mol. The molecule has 1 N–H and O–H groups in total. The standard InChI is InChI=1S/C26H29FN4O3/c1-16-23-20(15-22(29-25(23)34-30-16)19-9-5-6-10-21(19)27)24(32)28-18-11-13-31(14-12-18)26(33)17-7-3-2-4-8-17/h5-6,9-10,15,17-18H,2-4,7-8,11-14H2,1H3,(H,28,32). The van der Waals surface area contributed by atoms with Gasteiger partial charge in [0.1, 0.15) is 5.82 Å². The molecule has 0 atom stereocenters. The molecule has 3 aromatic rings. The van der Waals surface area contributed by atoms with Gasteiger partial charge < -0.3 is 14.7 Å². The molecule has 2 aliphatic rings. The van der Waals surface area contributed by atoms with E-state index in [1.165, 1.54) is 12.5 Å². The van der Waals surface area contributed by atoms with Gasteiger partial charge in [-0.25, -0.2) is 9.37 Å². The molecule has 1 aromatic carbocycles. The summed E-state index contributed by atoms with van der Waals surface area (Å²) in [4.78, 5) is 32.5. The lowest BCUT2D eigenvalue weighted by molar-refractivity contribution is -0.137. The van der Waals surface area contributed by atoms with Crippen LogP contribution in [0.2, 0.25) is 0 Å². The fraction of sp³-hybridized carbons (Fsp3) is 0.462. The van der Waals surface area contributed by atoms with Gasteiger partial charge >= 0.3 is 0 Å². The van der Waals surface area contributed by atoms with Crippen molar-refractivity contribution in [2.45, 2.75) is 57.9 Å². The van der Waals surface area contributed by atoms with Crippen LogP contribution in [0.25, 0.3) is 22.4 Å². The molecule has 178 valence electrons. The molecule has 1 aliphatic carbocycles. The number of aromatic nitrogens is 2. The lowest BCUT2D eigenvalue weighted by atomic mass is 9.87. The van der Waals surface area contributed by atoms with E-state index in [1.807, 2.05) is 4.90 Å². The van der Waals surface area contributed by atoms with Crippen molar-refractivity contribution in [1.82, 2.24) is 20.4 Å². The molecule has 8 heteroatoms. The zero-order valence-electron chi connectivity index (χ0n) is 19.3. The van der Waals surface area contributed by atoms with E-state index in [9.17, 15) is 14.0 Å². The van der Waals surface area contributed by atoms with Crippen LogP contribution in [0.1, 0.15) is 61.0 Å². The number of likely N-dealkylation sites (tertiary alicyclic amines) is 1. The Kier molecular flexibility index (Phi) is 6.30. The normalized spacial score (nSPS) is 17.8. The summed E-state index contributed by atoms with van der Waals surface area (Å²) in [7, 11) is 0. The molecule has 2 aromatic heterocycles. The predicted molar refractivity (Wildman–Crippen MR) is 126 cm³/mol. The molecular formula is C26H29FN4O3. The number of hydrogen-bond donors (Lipinski definition) is 1. The number of amides is 2. The Balaban J connectivity index is 1.32. The number of nitrogens with one attached hydrogen (secondary N) is 1. The Morgan fingerprint density at radius 2 is 1.82 bits per heavy atom. The van der Waals surface area contributed by atoms with Crippen LogP contribution < -0.4 is 5.32 Å². The van der Waals surface area contributed by atoms with Crippen LogP contribution in [0.3, 0.4) is 0 Å². The quantitative estimate of drug-likeness (QED) is 0.608. The second-order valence-corrected chi connectivity index (χ2v) is 9.39. The van der Waals surface area contributed by atoms with E-state index >= 15 is 0 Å². The highest BCUT2D eigenvalue weighted by molar-refractivity contribution is 6.07. The van der Waals surface area contributed by atoms with E-state index < -0.39 is 5.82 Å². The third-order valence-electron chi connectivity index (χ3n) is 7.11. The molecule has 1 saturated heterocycles. The minimum Gasteiger partial charge on any atom is -0.349 e. The molecule has 2 fully saturated rings. The van der Waals surface area contributed by atoms with Gasteiger partial charge in [0.25, 0.3) is 11.6 Å². The molecule has 34 heavy (non-hydrogen) atoms. The maximum Gasteiger partial charge on any atom is 0.259 e. The summed E-state index contributed by atoms with van der Waals surface area (Å²) >= 11 is 0. The number of aryl methyl sites for hydroxylation is 1. The third-order valence-corrected chi connectivity index (χ3v) is 7.11. The average molecular weight is 465 g/mol. The van der Waals surface area contributed by atoms with Gasteiger partial charge in [-0.3, -0.25) is 9.59 Å². The second-order valence-electron chi connectivity index (χ2n) is 9.39. The van der Waals surface area contributed by atoms with E-state index in [1.54, 1.807) is 31.2 Å². The molecule has 7 nitrogen and oxygen atoms in total. The van der Waals surface area contributed by atoms with Crippen LogP contribution in [0, 0.1) is 18.7 Å². The number of hydrogen-bond acceptors (Lipinski definition) is 5. The summed E-state index contributed by atoms with van der Waals surface area (Å²) in [6.45, 7) is 3.06. The van der Waals surface area contributed by atoms with Gasteiger partial charge in [-0.2, -0.15) is 0 Å². The van der Waals surface area contributed by atoms with Crippen molar-refractivity contribution in [3.63, 3.8) is 0 Å². The van der Waals surface area contributed by atoms with Crippen LogP contribution >= 0.6 is 0 Å². The number of carbonyl (C=O) groups excluding carboxylic acids is 2. The number of halogens is 1. The number of nitrogens with zero attached hydrogens (tertiary/aromatic N) is 3. The highest BCUT2D eigenvalue weighted by Gasteiger charge is 2.30. The first kappa shape index (κ1) is 22.5. The van der Waals surface area contributed by atoms with Crippen molar-refractivity contribution in [3.8, 4) is 11.3 Å². The minimum absolute atomic E-state index is 0.0387. The lowest BCUT2D eigenvalue weighted by Crippen LogP contribution is -2.48. The molecule has 0 bridgehead atoms. The first-order valence-corrected chi connectivity index (χ1v) is 12.1. The average Bonchev–Trinajstić information content (AvgIpc) is 3.25. The maximum atomic E-state index is 14.4. The summed E-state index contributed by atoms with van der Waals surface area (Å²) in [6, 6.07) is 7.86. The van der Waals surface area contributed by atoms with Crippen LogP contribution in [0.5, 0.6) is 0 Å². The lowest BCUT2D eigenvalue weighted by Gasteiger charge is -2.35. The smallest absolute Gasteiger partial charge is 0.259 e. The third kappa shape index (κ3) is 4.41. The van der Waals surface area contributed by atoms with Crippen molar-refractivity contribution in [2.75, 3.05) is 13.1 Å². The first-order chi connectivity index (χ1) is 16.5. The van der Waals surface area contributed by atoms with Gasteiger partial charge in [-0.1, -0.05) is 36.6 Å². The highest BCUT2D eigenvalue weighted by atomic mass is 19.1. The van der Waals surface area contributed by atoms with Gasteiger partial charge in [0, 0.05) is 30.6 Å². The number of pyridine rings is 1. The molecule has 5 rings (SSSR count). The monoisotopic (exact) mass is 464 g/mol. The topological polar surface area (TPSA) is 88.3 Å². The summed E-state index contributed by atoms with van der Waals surface area (Å²) < 4.78 is 19.7. The summed E-state index contributed by atoms with van der Waals surface area (Å²) in [5.41, 5.74) is 1.74. The fourth-order valence-electron chi connectivity index (χ4n) is 5.20. The Bertz CT molecular complexity index is 1210. The number of rotatable bonds is 4. The molecule has 1 saturated carbocycles. The number of benzene rings is 1. The van der Waals surface area contributed by atoms with Gasteiger partial charge in [0.15, 0.2) is 0 Å². The number of carbonyl (C=O) groups is 2. The van der Waals surface area contributed by atoms with Gasteiger partial charge in [-0.15, -0.1) is 0 Å². The molecule has 0 unspecified atom stereocenters. The van der Waals surface area contributed by atoms with Gasteiger partial charge in [-0.05, 0) is 50.8 Å². The van der Waals surface area contributed by atoms with E-state index in [2.05, 4.69) is 15.5 Å². The van der Waals surface area contributed by atoms with Crippen LogP contribution in [-0.4, -0.2) is 46.0 Å². The van der Waals surface area contributed by atoms with E-state index in [-0.39, 0.29) is 29.5 Å². The Morgan fingerprint density at radius 1 is 1.09 bits per heavy atom. The fourth-order valence-corrected chi connectivity index (χ4v) is 5.20. The Labute approximate surface area is 197 Å². The summed E-state index contributed by atoms with van der Waals surface area (Å²) in [5.74, 6) is -0.256. The Hall–Kier alpha value is -3.29. The van der Waals surface area contributed by atoms with Crippen LogP contribution in [0.4, 0.5) is 4.39 Å². The maximum absolute atomic E-state index is 14.4. The first-order valence-electron chi connectivity index (χ1n) is 12.1. The van der Waals surface area contributed by atoms with E-state index in [0.29, 0.717) is 53.8 Å². The highest BCUT2D eigenvalue weighted by Crippen LogP contribution is 2.29. The van der Waals surface area contributed by atoms with Crippen molar-refractivity contribution >= 4 is 22.9 Å². The van der Waals surface area contributed by atoms with Gasteiger partial charge in [0.05, 0.1) is 22.3 Å². The van der Waals surface area contributed by atoms with Crippen molar-refractivity contribution in [3.05, 3.63) is 47.4 Å². The second kappa shape index (κ2) is 9.52. The molecule has 1 aliphatic heterocycles. The van der Waals surface area contributed by atoms with E-state index in [0.717, 1.165) is 25.7 Å². The van der Waals surface area contributed by atoms with Crippen LogP contribution in [0.15, 0.2) is 34.9 Å². The Morgan fingerprint density at radius 3 is 2.56 bits per heavy atom. The van der Waals surface area contributed by atoms with Crippen molar-refractivity contribution in [1.29, 1.82) is 0 Å². The SMILES string of the molecule is Cc1noc2nc(-c3ccccc3F)cc(C(=O)NC3CCN(C(=O)C4CCCCC4)CC3)c12. The van der Waals surface area contributed by atoms with E-state index in [4.69, 9.17) is 4.52 Å². The summed E-state index contributed by atoms with van der Waals surface area (Å²) in [5, 5.41) is 7.60. The van der Waals surface area contributed by atoms with Gasteiger partial charge in [0.2, 0.25) is 5.91 Å². The van der Waals surface area contributed by atoms with Crippen LogP contribution in [-0.2, 0) is 4.79 Å². The predicted octanol–water partition coefficient (Wildman–Crippen LogP) is 4.64. The zero-order chi connectivity index (χ0) is 23.7. The van der Waals surface area contributed by atoms with Crippen molar-refractivity contribution in [2.24, 2.45) is 5.92 Å². The number of fused-ring (bicyclic) bond motifs is 1. The van der Waals surface area contributed by atoms with Crippen molar-refractivity contribution < 1.29 is 18.5 Å². The molecule has 3 heterocycles. The zero-order valence-corrected chi connectivity index (χ0v) is 19.3. The molecule has 0 spiro atoms.